The summed E-state index contributed by atoms with van der Waals surface area (Å²) in [5.41, 5.74) is 1.31. The van der Waals surface area contributed by atoms with Crippen molar-refractivity contribution in [3.63, 3.8) is 0 Å². The predicted molar refractivity (Wildman–Crippen MR) is 90.4 cm³/mol. The third kappa shape index (κ3) is 5.11. The van der Waals surface area contributed by atoms with Crippen LogP contribution in [0.25, 0.3) is 0 Å². The van der Waals surface area contributed by atoms with Gasteiger partial charge in [0.1, 0.15) is 11.6 Å². The number of carbonyl (C=O) groups excluding carboxylic acids is 2. The van der Waals surface area contributed by atoms with E-state index in [1.54, 1.807) is 12.1 Å². The zero-order valence-corrected chi connectivity index (χ0v) is 14.0. The number of halogens is 2. The van der Waals surface area contributed by atoms with Crippen LogP contribution in [0.15, 0.2) is 42.5 Å². The van der Waals surface area contributed by atoms with Gasteiger partial charge in [0.05, 0.1) is 5.56 Å². The molecule has 1 N–H and O–H groups in total. The molecule has 1 unspecified atom stereocenters. The van der Waals surface area contributed by atoms with Crippen LogP contribution < -0.4 is 5.32 Å². The number of hydrogen-bond acceptors (Lipinski definition) is 3. The van der Waals surface area contributed by atoms with Gasteiger partial charge in [-0.2, -0.15) is 0 Å². The molecule has 0 aliphatic carbocycles. The number of anilines is 1. The molecule has 0 bridgehead atoms. The third-order valence-corrected chi connectivity index (χ3v) is 3.86. The maximum atomic E-state index is 13.5. The molecule has 2 aromatic carbocycles. The SMILES string of the molecule is CCC(C)c1ccc(NC(=O)COC(=O)c2ccc(F)cc2F)cc1. The highest BCUT2D eigenvalue weighted by atomic mass is 19.1. The molecule has 2 rings (SSSR count). The fourth-order valence-corrected chi connectivity index (χ4v) is 2.19. The summed E-state index contributed by atoms with van der Waals surface area (Å²) in [6.07, 6.45) is 1.02. The standard InChI is InChI=1S/C19H19F2NO3/c1-3-12(2)13-4-7-15(8-5-13)22-18(23)11-25-19(24)16-9-6-14(20)10-17(16)21/h4-10,12H,3,11H2,1-2H3,(H,22,23). The van der Waals surface area contributed by atoms with Crippen LogP contribution in [0.5, 0.6) is 0 Å². The van der Waals surface area contributed by atoms with E-state index < -0.39 is 35.7 Å². The Hall–Kier alpha value is -2.76. The zero-order chi connectivity index (χ0) is 18.4. The number of benzene rings is 2. The van der Waals surface area contributed by atoms with E-state index in [4.69, 9.17) is 4.74 Å². The van der Waals surface area contributed by atoms with Gasteiger partial charge in [-0.05, 0) is 42.2 Å². The average Bonchev–Trinajstić information content (AvgIpc) is 2.59. The number of ether oxygens (including phenoxy) is 1. The minimum Gasteiger partial charge on any atom is -0.452 e. The highest BCUT2D eigenvalue weighted by Crippen LogP contribution is 2.20. The normalized spacial score (nSPS) is 11.7. The number of hydrogen-bond donors (Lipinski definition) is 1. The van der Waals surface area contributed by atoms with Crippen molar-refractivity contribution in [2.45, 2.75) is 26.2 Å². The Labute approximate surface area is 144 Å². The lowest BCUT2D eigenvalue weighted by Gasteiger charge is -2.11. The number of nitrogens with one attached hydrogen (secondary N) is 1. The molecule has 25 heavy (non-hydrogen) atoms. The molecule has 2 aromatic rings. The lowest BCUT2D eigenvalue weighted by Crippen LogP contribution is -2.21. The fraction of sp³-hybridized carbons (Fsp3) is 0.263. The minimum absolute atomic E-state index is 0.424. The van der Waals surface area contributed by atoms with E-state index in [0.717, 1.165) is 18.6 Å². The monoisotopic (exact) mass is 347 g/mol. The predicted octanol–water partition coefficient (Wildman–Crippen LogP) is 4.27. The van der Waals surface area contributed by atoms with Gasteiger partial charge < -0.3 is 10.1 Å². The van der Waals surface area contributed by atoms with Crippen LogP contribution in [0, 0.1) is 11.6 Å². The third-order valence-electron chi connectivity index (χ3n) is 3.86. The molecule has 1 amide bonds. The quantitative estimate of drug-likeness (QED) is 0.794. The van der Waals surface area contributed by atoms with Crippen molar-refractivity contribution in [2.24, 2.45) is 0 Å². The first-order valence-corrected chi connectivity index (χ1v) is 7.92. The van der Waals surface area contributed by atoms with E-state index in [1.807, 2.05) is 12.1 Å². The second-order valence-electron chi connectivity index (χ2n) is 5.68. The van der Waals surface area contributed by atoms with Crippen molar-refractivity contribution in [1.29, 1.82) is 0 Å². The first kappa shape index (κ1) is 18.6. The Morgan fingerprint density at radius 3 is 2.40 bits per heavy atom. The van der Waals surface area contributed by atoms with Crippen LogP contribution in [0.3, 0.4) is 0 Å². The van der Waals surface area contributed by atoms with E-state index in [0.29, 0.717) is 17.7 Å². The van der Waals surface area contributed by atoms with Crippen molar-refractivity contribution in [2.75, 3.05) is 11.9 Å². The van der Waals surface area contributed by atoms with E-state index >= 15 is 0 Å². The smallest absolute Gasteiger partial charge is 0.341 e. The van der Waals surface area contributed by atoms with Crippen molar-refractivity contribution in [1.82, 2.24) is 0 Å². The van der Waals surface area contributed by atoms with E-state index in [9.17, 15) is 18.4 Å². The molecule has 0 aliphatic heterocycles. The summed E-state index contributed by atoms with van der Waals surface area (Å²) in [6, 6.07) is 9.86. The van der Waals surface area contributed by atoms with Gasteiger partial charge in [0.25, 0.3) is 5.91 Å². The van der Waals surface area contributed by atoms with E-state index in [2.05, 4.69) is 19.2 Å². The topological polar surface area (TPSA) is 55.4 Å². The van der Waals surface area contributed by atoms with Crippen LogP contribution >= 0.6 is 0 Å². The highest BCUT2D eigenvalue weighted by Gasteiger charge is 2.15. The molecule has 6 heteroatoms. The molecule has 0 spiro atoms. The molecule has 0 aliphatic rings. The Morgan fingerprint density at radius 2 is 1.80 bits per heavy atom. The van der Waals surface area contributed by atoms with Crippen LogP contribution in [-0.4, -0.2) is 18.5 Å². The molecule has 0 saturated carbocycles. The van der Waals surface area contributed by atoms with Crippen molar-refractivity contribution >= 4 is 17.6 Å². The lowest BCUT2D eigenvalue weighted by atomic mass is 9.99. The van der Waals surface area contributed by atoms with Gasteiger partial charge in [0, 0.05) is 11.8 Å². The lowest BCUT2D eigenvalue weighted by molar-refractivity contribution is -0.119. The van der Waals surface area contributed by atoms with Crippen LogP contribution in [-0.2, 0) is 9.53 Å². The Kier molecular flexibility index (Phi) is 6.22. The Morgan fingerprint density at radius 1 is 1.12 bits per heavy atom. The van der Waals surface area contributed by atoms with Crippen LogP contribution in [0.2, 0.25) is 0 Å². The molecule has 4 nitrogen and oxygen atoms in total. The summed E-state index contributed by atoms with van der Waals surface area (Å²) < 4.78 is 31.0. The molecule has 1 atom stereocenters. The van der Waals surface area contributed by atoms with Gasteiger partial charge in [-0.25, -0.2) is 13.6 Å². The highest BCUT2D eigenvalue weighted by molar-refractivity contribution is 5.95. The van der Waals surface area contributed by atoms with Gasteiger partial charge in [0.2, 0.25) is 0 Å². The van der Waals surface area contributed by atoms with Gasteiger partial charge in [-0.1, -0.05) is 26.0 Å². The van der Waals surface area contributed by atoms with Crippen LogP contribution in [0.4, 0.5) is 14.5 Å². The summed E-state index contributed by atoms with van der Waals surface area (Å²) >= 11 is 0. The molecular weight excluding hydrogens is 328 g/mol. The molecule has 0 saturated heterocycles. The second-order valence-corrected chi connectivity index (χ2v) is 5.68. The Bertz CT molecular complexity index is 760. The largest absolute Gasteiger partial charge is 0.452 e. The molecule has 0 fully saturated rings. The van der Waals surface area contributed by atoms with Gasteiger partial charge in [-0.15, -0.1) is 0 Å². The van der Waals surface area contributed by atoms with Gasteiger partial charge >= 0.3 is 5.97 Å². The van der Waals surface area contributed by atoms with Crippen LogP contribution in [0.1, 0.15) is 42.1 Å². The van der Waals surface area contributed by atoms with Gasteiger partial charge in [-0.3, -0.25) is 4.79 Å². The molecule has 0 heterocycles. The molecule has 0 radical (unpaired) electrons. The minimum atomic E-state index is -1.04. The number of rotatable bonds is 6. The zero-order valence-electron chi connectivity index (χ0n) is 14.0. The average molecular weight is 347 g/mol. The van der Waals surface area contributed by atoms with Crippen molar-refractivity contribution in [3.05, 3.63) is 65.2 Å². The summed E-state index contributed by atoms with van der Waals surface area (Å²) in [5, 5.41) is 2.59. The van der Waals surface area contributed by atoms with Crippen molar-refractivity contribution in [3.8, 4) is 0 Å². The molecule has 0 aromatic heterocycles. The van der Waals surface area contributed by atoms with E-state index in [1.165, 1.54) is 5.56 Å². The number of carbonyl (C=O) groups is 2. The maximum Gasteiger partial charge on any atom is 0.341 e. The summed E-state index contributed by atoms with van der Waals surface area (Å²) in [4.78, 5) is 23.5. The summed E-state index contributed by atoms with van der Waals surface area (Å²) in [7, 11) is 0. The first-order valence-electron chi connectivity index (χ1n) is 7.92. The van der Waals surface area contributed by atoms with E-state index in [-0.39, 0.29) is 0 Å². The first-order chi connectivity index (χ1) is 11.9. The van der Waals surface area contributed by atoms with Crippen molar-refractivity contribution < 1.29 is 23.1 Å². The van der Waals surface area contributed by atoms with Gasteiger partial charge in [0.15, 0.2) is 6.61 Å². The fourth-order valence-electron chi connectivity index (χ4n) is 2.19. The summed E-state index contributed by atoms with van der Waals surface area (Å²) in [6.45, 7) is 3.64. The summed E-state index contributed by atoms with van der Waals surface area (Å²) in [5.74, 6) is -2.98. The Balaban J connectivity index is 1.89. The molecular formula is C19H19F2NO3. The second kappa shape index (κ2) is 8.37. The number of amides is 1. The number of esters is 1. The maximum absolute atomic E-state index is 13.5. The molecule has 132 valence electrons.